The number of hydrogen-bond donors (Lipinski definition) is 2. The minimum atomic E-state index is -0.872. The van der Waals surface area contributed by atoms with Crippen molar-refractivity contribution in [3.05, 3.63) is 22.8 Å². The van der Waals surface area contributed by atoms with Crippen molar-refractivity contribution in [3.8, 4) is 0 Å². The highest BCUT2D eigenvalue weighted by Crippen LogP contribution is 2.71. The zero-order valence-electron chi connectivity index (χ0n) is 22.7. The van der Waals surface area contributed by atoms with Gasteiger partial charge in [-0.1, -0.05) is 47.6 Å². The van der Waals surface area contributed by atoms with Gasteiger partial charge in [0.15, 0.2) is 5.78 Å². The highest BCUT2D eigenvalue weighted by molar-refractivity contribution is 6.01. The van der Waals surface area contributed by atoms with E-state index in [-0.39, 0.29) is 33.7 Å². The van der Waals surface area contributed by atoms with Crippen molar-refractivity contribution in [1.29, 1.82) is 0 Å². The molecule has 4 rings (SSSR count). The third-order valence-electron chi connectivity index (χ3n) is 11.4. The maximum Gasteiger partial charge on any atom is 0.330 e. The van der Waals surface area contributed by atoms with Gasteiger partial charge in [-0.25, -0.2) is 4.79 Å². The van der Waals surface area contributed by atoms with Crippen LogP contribution >= 0.6 is 0 Å². The molecule has 0 aliphatic heterocycles. The number of fused-ring (bicyclic) bond motifs is 4. The molecule has 194 valence electrons. The van der Waals surface area contributed by atoms with Gasteiger partial charge in [0.1, 0.15) is 5.78 Å². The third-order valence-corrected chi connectivity index (χ3v) is 11.4. The average molecular weight is 485 g/mol. The number of Topliss-reactive ketones (excluding diaryl/α,β-unsaturated/α-hetero) is 2. The molecule has 0 radical (unpaired) electrons. The van der Waals surface area contributed by atoms with Gasteiger partial charge in [0.25, 0.3) is 0 Å². The van der Waals surface area contributed by atoms with E-state index in [0.29, 0.717) is 43.1 Å². The van der Waals surface area contributed by atoms with Crippen molar-refractivity contribution in [2.24, 2.45) is 39.4 Å². The van der Waals surface area contributed by atoms with E-state index >= 15 is 0 Å². The lowest BCUT2D eigenvalue weighted by Gasteiger charge is -2.61. The molecule has 5 nitrogen and oxygen atoms in total. The first kappa shape index (κ1) is 26.3. The third kappa shape index (κ3) is 3.62. The number of allylic oxidation sites excluding steroid dienone is 2. The van der Waals surface area contributed by atoms with Gasteiger partial charge in [-0.3, -0.25) is 9.59 Å². The number of carboxylic acid groups (broad SMARTS) is 1. The predicted molar refractivity (Wildman–Crippen MR) is 136 cm³/mol. The zero-order valence-corrected chi connectivity index (χ0v) is 22.7. The molecule has 0 amide bonds. The Balaban J connectivity index is 1.71. The molecule has 2 fully saturated rings. The van der Waals surface area contributed by atoms with Gasteiger partial charge in [-0.05, 0) is 79.6 Å². The lowest BCUT2D eigenvalue weighted by Crippen LogP contribution is -2.59. The Morgan fingerprint density at radius 2 is 1.80 bits per heavy atom. The molecule has 35 heavy (non-hydrogen) atoms. The number of rotatable bonds is 5. The second-order valence-electron chi connectivity index (χ2n) is 13.4. The molecule has 0 aromatic rings. The van der Waals surface area contributed by atoms with E-state index in [4.69, 9.17) is 5.11 Å². The normalized spacial score (nSPS) is 41.8. The van der Waals surface area contributed by atoms with Gasteiger partial charge in [-0.2, -0.15) is 0 Å². The molecular weight excluding hydrogens is 440 g/mol. The molecular formula is C30H44O5. The molecule has 7 atom stereocenters. The van der Waals surface area contributed by atoms with E-state index in [1.165, 1.54) is 0 Å². The molecule has 0 unspecified atom stereocenters. The molecule has 5 heteroatoms. The second kappa shape index (κ2) is 8.39. The number of aliphatic hydroxyl groups is 1. The number of aliphatic hydroxyl groups excluding tert-OH is 1. The Morgan fingerprint density at radius 3 is 2.43 bits per heavy atom. The Bertz CT molecular complexity index is 1020. The van der Waals surface area contributed by atoms with Crippen LogP contribution in [-0.4, -0.2) is 33.9 Å². The fourth-order valence-corrected chi connectivity index (χ4v) is 9.05. The summed E-state index contributed by atoms with van der Waals surface area (Å²) in [6.07, 6.45) is 6.97. The molecule has 4 aliphatic carbocycles. The number of ketones is 2. The lowest BCUT2D eigenvalue weighted by molar-refractivity contribution is -0.144. The number of aliphatic carboxylic acids is 1. The fourth-order valence-electron chi connectivity index (χ4n) is 9.05. The molecule has 0 heterocycles. The Kier molecular flexibility index (Phi) is 6.31. The molecule has 0 saturated heterocycles. The quantitative estimate of drug-likeness (QED) is 0.474. The summed E-state index contributed by atoms with van der Waals surface area (Å²) in [7, 11) is 0. The zero-order chi connectivity index (χ0) is 26.1. The maximum atomic E-state index is 13.9. The largest absolute Gasteiger partial charge is 0.478 e. The molecule has 0 bridgehead atoms. The van der Waals surface area contributed by atoms with Crippen LogP contribution in [0, 0.1) is 39.4 Å². The number of hydrogen-bond acceptors (Lipinski definition) is 4. The highest BCUT2D eigenvalue weighted by Gasteiger charge is 2.67. The summed E-state index contributed by atoms with van der Waals surface area (Å²) in [4.78, 5) is 37.9. The van der Waals surface area contributed by atoms with E-state index in [2.05, 4.69) is 27.7 Å². The average Bonchev–Trinajstić information content (AvgIpc) is 3.03. The summed E-state index contributed by atoms with van der Waals surface area (Å²) in [6, 6.07) is 0. The van der Waals surface area contributed by atoms with Gasteiger partial charge >= 0.3 is 5.97 Å². The summed E-state index contributed by atoms with van der Waals surface area (Å²) >= 11 is 0. The van der Waals surface area contributed by atoms with E-state index in [1.807, 2.05) is 19.9 Å². The molecule has 0 aromatic carbocycles. The number of carboxylic acids is 1. The van der Waals surface area contributed by atoms with Crippen molar-refractivity contribution in [3.63, 3.8) is 0 Å². The first-order valence-corrected chi connectivity index (χ1v) is 13.5. The number of carbonyl (C=O) groups is 3. The molecule has 0 spiro atoms. The summed E-state index contributed by atoms with van der Waals surface area (Å²) in [6.45, 7) is 14.6. The minimum Gasteiger partial charge on any atom is -0.478 e. The van der Waals surface area contributed by atoms with E-state index in [9.17, 15) is 19.5 Å². The van der Waals surface area contributed by atoms with E-state index in [1.54, 1.807) is 6.92 Å². The lowest BCUT2D eigenvalue weighted by atomic mass is 9.42. The molecule has 0 aromatic heterocycles. The Labute approximate surface area is 210 Å². The topological polar surface area (TPSA) is 91.7 Å². The first-order valence-electron chi connectivity index (χ1n) is 13.5. The Hall–Kier alpha value is -1.75. The fraction of sp³-hybridized carbons (Fsp3) is 0.767. The van der Waals surface area contributed by atoms with Gasteiger partial charge < -0.3 is 10.2 Å². The van der Waals surface area contributed by atoms with Crippen LogP contribution in [0.1, 0.15) is 99.8 Å². The van der Waals surface area contributed by atoms with Crippen LogP contribution in [0.15, 0.2) is 22.8 Å². The molecule has 4 aliphatic rings. The van der Waals surface area contributed by atoms with Gasteiger partial charge in [-0.15, -0.1) is 0 Å². The van der Waals surface area contributed by atoms with Crippen LogP contribution in [0.2, 0.25) is 0 Å². The summed E-state index contributed by atoms with van der Waals surface area (Å²) in [5.41, 5.74) is 0.849. The minimum absolute atomic E-state index is 0.0644. The van der Waals surface area contributed by atoms with Crippen LogP contribution in [0.5, 0.6) is 0 Å². The van der Waals surface area contributed by atoms with Crippen molar-refractivity contribution in [2.75, 3.05) is 0 Å². The van der Waals surface area contributed by atoms with Crippen LogP contribution in [0.3, 0.4) is 0 Å². The smallest absolute Gasteiger partial charge is 0.330 e. The van der Waals surface area contributed by atoms with E-state index < -0.39 is 17.5 Å². The maximum absolute atomic E-state index is 13.9. The second-order valence-corrected chi connectivity index (χ2v) is 13.4. The standard InChI is InChI=1S/C30H44O5/c1-17(9-8-10-18(2)26(34)35)19-11-14-29(6)25-20(31)15-22-27(3,4)23(33)12-13-28(22,5)24(25)21(32)16-30(19,29)7/h10,17,19,21-22,32H,8-9,11-16H2,1-7H3,(H,34,35)/b18-10+/t17-,19-,21+,22+,28+,29+,30-/m1/s1. The number of carbonyl (C=O) groups excluding carboxylic acids is 2. The van der Waals surface area contributed by atoms with Crippen LogP contribution in [0.4, 0.5) is 0 Å². The van der Waals surface area contributed by atoms with Gasteiger partial charge in [0, 0.05) is 34.8 Å². The summed E-state index contributed by atoms with van der Waals surface area (Å²) in [5, 5.41) is 20.9. The van der Waals surface area contributed by atoms with Crippen molar-refractivity contribution < 1.29 is 24.6 Å². The van der Waals surface area contributed by atoms with Crippen molar-refractivity contribution in [2.45, 2.75) is 106 Å². The first-order chi connectivity index (χ1) is 16.1. The highest BCUT2D eigenvalue weighted by atomic mass is 16.4. The summed E-state index contributed by atoms with van der Waals surface area (Å²) in [5.74, 6) is 0.166. The van der Waals surface area contributed by atoms with E-state index in [0.717, 1.165) is 36.8 Å². The summed E-state index contributed by atoms with van der Waals surface area (Å²) < 4.78 is 0. The van der Waals surface area contributed by atoms with Crippen molar-refractivity contribution >= 4 is 17.5 Å². The molecule has 2 N–H and O–H groups in total. The molecule has 2 saturated carbocycles. The Morgan fingerprint density at radius 1 is 1.14 bits per heavy atom. The SMILES string of the molecule is C/C(=C\CC[C@@H](C)[C@H]1CC[C@@]2(C)C3=C([C@@H](O)C[C@]12C)[C@@]1(C)CCC(=O)C(C)(C)[C@@H]1CC3=O)C(=O)O. The van der Waals surface area contributed by atoms with Crippen LogP contribution in [0.25, 0.3) is 0 Å². The monoisotopic (exact) mass is 484 g/mol. The van der Waals surface area contributed by atoms with Crippen LogP contribution in [-0.2, 0) is 14.4 Å². The van der Waals surface area contributed by atoms with Gasteiger partial charge in [0.2, 0.25) is 0 Å². The van der Waals surface area contributed by atoms with Gasteiger partial charge in [0.05, 0.1) is 6.10 Å². The van der Waals surface area contributed by atoms with Crippen molar-refractivity contribution in [1.82, 2.24) is 0 Å². The predicted octanol–water partition coefficient (Wildman–Crippen LogP) is 5.90. The van der Waals surface area contributed by atoms with Crippen LogP contribution < -0.4 is 0 Å².